The van der Waals surface area contributed by atoms with Gasteiger partial charge in [0.05, 0.1) is 5.75 Å². The first kappa shape index (κ1) is 14.5. The molecule has 0 aromatic heterocycles. The van der Waals surface area contributed by atoms with Crippen molar-refractivity contribution in [3.8, 4) is 0 Å². The molecule has 5 nitrogen and oxygen atoms in total. The highest BCUT2D eigenvalue weighted by Crippen LogP contribution is 2.15. The highest BCUT2D eigenvalue weighted by molar-refractivity contribution is 7.91. The predicted molar refractivity (Wildman–Crippen MR) is 72.3 cm³/mol. The van der Waals surface area contributed by atoms with Gasteiger partial charge in [-0.3, -0.25) is 4.79 Å². The smallest absolute Gasteiger partial charge is 0.251 e. The van der Waals surface area contributed by atoms with Gasteiger partial charge in [-0.15, -0.1) is 0 Å². The monoisotopic (exact) mass is 270 g/mol. The summed E-state index contributed by atoms with van der Waals surface area (Å²) in [5, 5.41) is 2.58. The molecule has 1 aromatic carbocycles. The summed E-state index contributed by atoms with van der Waals surface area (Å²) in [5.41, 5.74) is 7.43. The second-order valence-corrected chi connectivity index (χ2v) is 6.48. The van der Waals surface area contributed by atoms with Crippen molar-refractivity contribution in [1.82, 2.24) is 5.32 Å². The zero-order valence-electron chi connectivity index (χ0n) is 10.6. The van der Waals surface area contributed by atoms with Crippen molar-refractivity contribution >= 4 is 21.4 Å². The number of anilines is 1. The zero-order valence-corrected chi connectivity index (χ0v) is 11.4. The molecule has 0 saturated carbocycles. The van der Waals surface area contributed by atoms with E-state index in [1.165, 1.54) is 0 Å². The number of carbonyl (C=O) groups is 1. The van der Waals surface area contributed by atoms with Crippen LogP contribution in [0.2, 0.25) is 0 Å². The van der Waals surface area contributed by atoms with Gasteiger partial charge in [-0.25, -0.2) is 8.42 Å². The molecule has 0 saturated heterocycles. The minimum Gasteiger partial charge on any atom is -0.398 e. The predicted octanol–water partition coefficient (Wildman–Crippen LogP) is 0.742. The van der Waals surface area contributed by atoms with Crippen LogP contribution in [0.5, 0.6) is 0 Å². The van der Waals surface area contributed by atoms with Crippen molar-refractivity contribution in [2.75, 3.05) is 23.8 Å². The molecule has 6 heteroatoms. The number of rotatable bonds is 5. The minimum atomic E-state index is -3.06. The summed E-state index contributed by atoms with van der Waals surface area (Å²) in [7, 11) is -3.06. The van der Waals surface area contributed by atoms with Crippen molar-refractivity contribution < 1.29 is 13.2 Å². The third-order valence-electron chi connectivity index (χ3n) is 2.76. The number of sulfone groups is 1. The van der Waals surface area contributed by atoms with Gasteiger partial charge in [0.2, 0.25) is 0 Å². The van der Waals surface area contributed by atoms with Crippen LogP contribution in [-0.4, -0.2) is 32.4 Å². The average Bonchev–Trinajstić information content (AvgIpc) is 2.32. The number of hydrogen-bond acceptors (Lipinski definition) is 4. The van der Waals surface area contributed by atoms with Crippen LogP contribution in [0.25, 0.3) is 0 Å². The molecule has 1 rings (SSSR count). The quantitative estimate of drug-likeness (QED) is 0.772. The summed E-state index contributed by atoms with van der Waals surface area (Å²) in [6, 6.07) is 5.07. The summed E-state index contributed by atoms with van der Waals surface area (Å²) >= 11 is 0. The SMILES string of the molecule is CCS(=O)(=O)CCNC(=O)c1cccc(N)c1C. The van der Waals surface area contributed by atoms with Crippen LogP contribution in [0.4, 0.5) is 5.69 Å². The first-order valence-electron chi connectivity index (χ1n) is 5.71. The van der Waals surface area contributed by atoms with Crippen LogP contribution in [0.15, 0.2) is 18.2 Å². The van der Waals surface area contributed by atoms with Crippen molar-refractivity contribution in [3.05, 3.63) is 29.3 Å². The van der Waals surface area contributed by atoms with E-state index < -0.39 is 9.84 Å². The molecular weight excluding hydrogens is 252 g/mol. The fourth-order valence-electron chi connectivity index (χ4n) is 1.46. The molecule has 1 aromatic rings. The molecule has 0 fully saturated rings. The molecular formula is C12H18N2O3S. The number of hydrogen-bond donors (Lipinski definition) is 2. The van der Waals surface area contributed by atoms with Crippen LogP contribution in [0, 0.1) is 6.92 Å². The normalized spacial score (nSPS) is 11.2. The molecule has 0 radical (unpaired) electrons. The van der Waals surface area contributed by atoms with E-state index >= 15 is 0 Å². The van der Waals surface area contributed by atoms with E-state index in [4.69, 9.17) is 5.73 Å². The van der Waals surface area contributed by atoms with Crippen molar-refractivity contribution in [2.24, 2.45) is 0 Å². The van der Waals surface area contributed by atoms with Gasteiger partial charge in [0.25, 0.3) is 5.91 Å². The van der Waals surface area contributed by atoms with Gasteiger partial charge >= 0.3 is 0 Å². The van der Waals surface area contributed by atoms with E-state index in [0.29, 0.717) is 16.8 Å². The standard InChI is InChI=1S/C12H18N2O3S/c1-3-18(16,17)8-7-14-12(15)10-5-4-6-11(13)9(10)2/h4-6H,3,7-8,13H2,1-2H3,(H,14,15). The summed E-state index contributed by atoms with van der Waals surface area (Å²) in [4.78, 5) is 11.8. The lowest BCUT2D eigenvalue weighted by molar-refractivity contribution is 0.0955. The maximum Gasteiger partial charge on any atom is 0.251 e. The number of amides is 1. The number of carbonyl (C=O) groups excluding carboxylic acids is 1. The molecule has 0 aliphatic carbocycles. The van der Waals surface area contributed by atoms with Gasteiger partial charge in [-0.2, -0.15) is 0 Å². The number of nitrogens with two attached hydrogens (primary N) is 1. The maximum atomic E-state index is 11.8. The summed E-state index contributed by atoms with van der Waals surface area (Å²) < 4.78 is 22.5. The molecule has 1 amide bonds. The third kappa shape index (κ3) is 3.73. The second kappa shape index (κ2) is 5.86. The third-order valence-corrected chi connectivity index (χ3v) is 4.46. The van der Waals surface area contributed by atoms with Gasteiger partial charge in [-0.1, -0.05) is 13.0 Å². The highest BCUT2D eigenvalue weighted by atomic mass is 32.2. The highest BCUT2D eigenvalue weighted by Gasteiger charge is 2.12. The zero-order chi connectivity index (χ0) is 13.8. The van der Waals surface area contributed by atoms with Crippen molar-refractivity contribution in [2.45, 2.75) is 13.8 Å². The Morgan fingerprint density at radius 2 is 2.06 bits per heavy atom. The van der Waals surface area contributed by atoms with E-state index in [9.17, 15) is 13.2 Å². The number of nitrogen functional groups attached to an aromatic ring is 1. The Morgan fingerprint density at radius 1 is 1.39 bits per heavy atom. The Hall–Kier alpha value is -1.56. The number of benzene rings is 1. The minimum absolute atomic E-state index is 0.0450. The van der Waals surface area contributed by atoms with Crippen molar-refractivity contribution in [3.63, 3.8) is 0 Å². The average molecular weight is 270 g/mol. The van der Waals surface area contributed by atoms with E-state index in [1.807, 2.05) is 0 Å². The molecule has 0 heterocycles. The van der Waals surface area contributed by atoms with E-state index in [2.05, 4.69) is 5.32 Å². The summed E-state index contributed by atoms with van der Waals surface area (Å²) in [6.07, 6.45) is 0. The topological polar surface area (TPSA) is 89.3 Å². The van der Waals surface area contributed by atoms with Crippen LogP contribution >= 0.6 is 0 Å². The molecule has 3 N–H and O–H groups in total. The lowest BCUT2D eigenvalue weighted by atomic mass is 10.1. The Bertz CT molecular complexity index is 538. The maximum absolute atomic E-state index is 11.8. The van der Waals surface area contributed by atoms with Gasteiger partial charge in [-0.05, 0) is 24.6 Å². The van der Waals surface area contributed by atoms with Gasteiger partial charge in [0.15, 0.2) is 9.84 Å². The van der Waals surface area contributed by atoms with Crippen LogP contribution in [0.1, 0.15) is 22.8 Å². The Balaban J connectivity index is 2.64. The fraction of sp³-hybridized carbons (Fsp3) is 0.417. The first-order chi connectivity index (χ1) is 8.37. The number of nitrogens with one attached hydrogen (secondary N) is 1. The van der Waals surface area contributed by atoms with E-state index in [0.717, 1.165) is 0 Å². The Morgan fingerprint density at radius 3 is 2.67 bits per heavy atom. The van der Waals surface area contributed by atoms with Crippen LogP contribution in [0.3, 0.4) is 0 Å². The molecule has 0 aliphatic rings. The van der Waals surface area contributed by atoms with Crippen molar-refractivity contribution in [1.29, 1.82) is 0 Å². The second-order valence-electron chi connectivity index (χ2n) is 4.01. The van der Waals surface area contributed by atoms with Crippen LogP contribution < -0.4 is 11.1 Å². The van der Waals surface area contributed by atoms with Gasteiger partial charge in [0, 0.05) is 23.5 Å². The molecule has 18 heavy (non-hydrogen) atoms. The molecule has 0 aliphatic heterocycles. The Labute approximate surface area is 107 Å². The largest absolute Gasteiger partial charge is 0.398 e. The van der Waals surface area contributed by atoms with Gasteiger partial charge in [0.1, 0.15) is 0 Å². The first-order valence-corrected chi connectivity index (χ1v) is 7.53. The lowest BCUT2D eigenvalue weighted by Crippen LogP contribution is -2.30. The summed E-state index contributed by atoms with van der Waals surface area (Å²) in [5.74, 6) is -0.261. The molecule has 0 spiro atoms. The molecule has 0 unspecified atom stereocenters. The molecule has 0 atom stereocenters. The van der Waals surface area contributed by atoms with Gasteiger partial charge < -0.3 is 11.1 Å². The fourth-order valence-corrected chi connectivity index (χ4v) is 2.16. The molecule has 0 bridgehead atoms. The van der Waals surface area contributed by atoms with E-state index in [1.54, 1.807) is 32.0 Å². The molecule has 100 valence electrons. The van der Waals surface area contributed by atoms with E-state index in [-0.39, 0.29) is 24.0 Å². The Kier molecular flexibility index (Phi) is 4.72. The lowest BCUT2D eigenvalue weighted by Gasteiger charge is -2.09. The summed E-state index contributed by atoms with van der Waals surface area (Å²) in [6.45, 7) is 3.45. The van der Waals surface area contributed by atoms with Crippen LogP contribution in [-0.2, 0) is 9.84 Å².